The van der Waals surface area contributed by atoms with E-state index in [1.54, 1.807) is 25.6 Å². The van der Waals surface area contributed by atoms with Gasteiger partial charge in [0.25, 0.3) is 0 Å². The largest absolute Gasteiger partial charge is 0.493 e. The van der Waals surface area contributed by atoms with Gasteiger partial charge in [-0.1, -0.05) is 6.07 Å². The summed E-state index contributed by atoms with van der Waals surface area (Å²) in [6.07, 6.45) is 0. The lowest BCUT2D eigenvalue weighted by molar-refractivity contribution is 0.355. The highest BCUT2D eigenvalue weighted by atomic mass is 32.1. The maximum Gasteiger partial charge on any atom is 0.163 e. The number of benzene rings is 1. The molecule has 6 heteroatoms. The van der Waals surface area contributed by atoms with E-state index in [4.69, 9.17) is 20.2 Å². The fourth-order valence-corrected chi connectivity index (χ4v) is 3.12. The summed E-state index contributed by atoms with van der Waals surface area (Å²) in [7, 11) is 3.26. The lowest BCUT2D eigenvalue weighted by atomic mass is 10.2. The third-order valence-electron chi connectivity index (χ3n) is 3.35. The van der Waals surface area contributed by atoms with E-state index in [0.717, 1.165) is 21.7 Å². The maximum atomic E-state index is 5.76. The van der Waals surface area contributed by atoms with Crippen LogP contribution in [0.1, 0.15) is 0 Å². The summed E-state index contributed by atoms with van der Waals surface area (Å²) < 4.78 is 12.9. The van der Waals surface area contributed by atoms with E-state index in [2.05, 4.69) is 10.6 Å². The second-order valence-corrected chi connectivity index (χ2v) is 5.50. The average Bonchev–Trinajstić information content (AvgIpc) is 3.14. The molecule has 0 aliphatic heterocycles. The van der Waals surface area contributed by atoms with Gasteiger partial charge in [-0.25, -0.2) is 4.98 Å². The molecule has 0 radical (unpaired) electrons. The van der Waals surface area contributed by atoms with E-state index < -0.39 is 0 Å². The highest BCUT2D eigenvalue weighted by molar-refractivity contribution is 7.13. The quantitative estimate of drug-likeness (QED) is 0.787. The molecule has 3 rings (SSSR count). The smallest absolute Gasteiger partial charge is 0.163 e. The Hall–Kier alpha value is -2.05. The number of nitrogens with two attached hydrogens (primary N) is 1. The van der Waals surface area contributed by atoms with Crippen LogP contribution >= 0.6 is 11.3 Å². The maximum absolute atomic E-state index is 5.76. The van der Waals surface area contributed by atoms with Gasteiger partial charge in [0.2, 0.25) is 0 Å². The Morgan fingerprint density at radius 1 is 1.24 bits per heavy atom. The molecule has 21 heavy (non-hydrogen) atoms. The van der Waals surface area contributed by atoms with Gasteiger partial charge < -0.3 is 19.8 Å². The molecule has 0 aliphatic carbocycles. The molecular weight excluding hydrogens is 286 g/mol. The van der Waals surface area contributed by atoms with Crippen LogP contribution in [-0.4, -0.2) is 30.3 Å². The van der Waals surface area contributed by atoms with E-state index in [1.807, 2.05) is 23.6 Å². The van der Waals surface area contributed by atoms with Gasteiger partial charge in [-0.15, -0.1) is 11.3 Å². The van der Waals surface area contributed by atoms with Crippen LogP contribution in [0.4, 0.5) is 0 Å². The molecule has 0 saturated heterocycles. The van der Waals surface area contributed by atoms with Gasteiger partial charge in [0.1, 0.15) is 0 Å². The number of nitrogens with zero attached hydrogens (tertiary/aromatic N) is 2. The summed E-state index contributed by atoms with van der Waals surface area (Å²) in [6.45, 7) is 1.26. The molecule has 0 unspecified atom stereocenters. The Morgan fingerprint density at radius 3 is 2.62 bits per heavy atom. The Labute approximate surface area is 126 Å². The Balaban J connectivity index is 2.26. The van der Waals surface area contributed by atoms with Gasteiger partial charge in [-0.05, 0) is 11.4 Å². The number of hydrogen-bond donors (Lipinski definition) is 1. The fraction of sp³-hybridized carbons (Fsp3) is 0.267. The molecule has 0 spiro atoms. The van der Waals surface area contributed by atoms with Crippen molar-refractivity contribution in [1.82, 2.24) is 9.55 Å². The van der Waals surface area contributed by atoms with Crippen LogP contribution in [0.5, 0.6) is 11.5 Å². The van der Waals surface area contributed by atoms with E-state index in [0.29, 0.717) is 24.6 Å². The first-order valence-electron chi connectivity index (χ1n) is 6.64. The van der Waals surface area contributed by atoms with Gasteiger partial charge in [-0.3, -0.25) is 0 Å². The van der Waals surface area contributed by atoms with Crippen molar-refractivity contribution < 1.29 is 9.47 Å². The number of rotatable bonds is 5. The van der Waals surface area contributed by atoms with Gasteiger partial charge in [0, 0.05) is 25.2 Å². The molecule has 0 saturated carbocycles. The second-order valence-electron chi connectivity index (χ2n) is 4.55. The van der Waals surface area contributed by atoms with Crippen molar-refractivity contribution >= 4 is 22.4 Å². The van der Waals surface area contributed by atoms with Crippen molar-refractivity contribution in [3.63, 3.8) is 0 Å². The van der Waals surface area contributed by atoms with E-state index in [-0.39, 0.29) is 0 Å². The van der Waals surface area contributed by atoms with Gasteiger partial charge in [0.15, 0.2) is 17.3 Å². The number of fused-ring (bicyclic) bond motifs is 1. The Kier molecular flexibility index (Phi) is 3.81. The first-order valence-corrected chi connectivity index (χ1v) is 7.52. The van der Waals surface area contributed by atoms with Crippen LogP contribution in [0.2, 0.25) is 0 Å². The monoisotopic (exact) mass is 303 g/mol. The normalized spacial score (nSPS) is 11.0. The van der Waals surface area contributed by atoms with Crippen LogP contribution in [0.15, 0.2) is 29.6 Å². The molecule has 0 bridgehead atoms. The number of imidazole rings is 1. The Morgan fingerprint density at radius 2 is 2.00 bits per heavy atom. The van der Waals surface area contributed by atoms with Crippen molar-refractivity contribution in [2.24, 2.45) is 5.73 Å². The summed E-state index contributed by atoms with van der Waals surface area (Å²) in [6, 6.07) is 7.94. The first kappa shape index (κ1) is 13.9. The molecule has 110 valence electrons. The average molecular weight is 303 g/mol. The molecule has 3 aromatic rings. The molecule has 5 nitrogen and oxygen atoms in total. The highest BCUT2D eigenvalue weighted by Gasteiger charge is 2.16. The number of thiophene rings is 1. The predicted molar refractivity (Wildman–Crippen MR) is 85.2 cm³/mol. The molecule has 0 amide bonds. The summed E-state index contributed by atoms with van der Waals surface area (Å²) in [5.41, 5.74) is 7.64. The topological polar surface area (TPSA) is 62.3 Å². The third kappa shape index (κ3) is 2.36. The zero-order valence-electron chi connectivity index (χ0n) is 12.0. The van der Waals surface area contributed by atoms with Gasteiger partial charge in [-0.2, -0.15) is 0 Å². The minimum atomic E-state index is 0.554. The van der Waals surface area contributed by atoms with Crippen LogP contribution in [0, 0.1) is 0 Å². The standard InChI is InChI=1S/C15H17N3O2S/c1-19-12-8-10-11(9-13(12)20-2)18(6-5-16)15(17-10)14-4-3-7-21-14/h3-4,7-9H,5-6,16H2,1-2H3. The second kappa shape index (κ2) is 5.75. The number of aromatic nitrogens is 2. The zero-order chi connectivity index (χ0) is 14.8. The van der Waals surface area contributed by atoms with Crippen molar-refractivity contribution in [3.05, 3.63) is 29.6 Å². The van der Waals surface area contributed by atoms with Crippen molar-refractivity contribution in [1.29, 1.82) is 0 Å². The Bertz CT molecular complexity index is 750. The van der Waals surface area contributed by atoms with Crippen molar-refractivity contribution in [3.8, 4) is 22.2 Å². The minimum Gasteiger partial charge on any atom is -0.493 e. The molecule has 0 atom stereocenters. The SMILES string of the molecule is COc1cc2nc(-c3cccs3)n(CCN)c2cc1OC. The number of methoxy groups -OCH3 is 2. The predicted octanol–water partition coefficient (Wildman–Crippen LogP) is 2.74. The summed E-state index contributed by atoms with van der Waals surface area (Å²) in [5, 5.41) is 2.04. The minimum absolute atomic E-state index is 0.554. The van der Waals surface area contributed by atoms with Crippen molar-refractivity contribution in [2.45, 2.75) is 6.54 Å². The third-order valence-corrected chi connectivity index (χ3v) is 4.21. The van der Waals surface area contributed by atoms with Gasteiger partial charge in [0.05, 0.1) is 30.1 Å². The zero-order valence-corrected chi connectivity index (χ0v) is 12.8. The number of ether oxygens (including phenoxy) is 2. The molecule has 1 aromatic carbocycles. The lowest BCUT2D eigenvalue weighted by Crippen LogP contribution is -2.10. The number of hydrogen-bond acceptors (Lipinski definition) is 5. The summed E-state index contributed by atoms with van der Waals surface area (Å²) in [4.78, 5) is 5.86. The van der Waals surface area contributed by atoms with E-state index in [9.17, 15) is 0 Å². The molecule has 0 aliphatic rings. The molecule has 0 fully saturated rings. The lowest BCUT2D eigenvalue weighted by Gasteiger charge is -2.09. The van der Waals surface area contributed by atoms with Gasteiger partial charge >= 0.3 is 0 Å². The molecule has 2 aromatic heterocycles. The first-order chi connectivity index (χ1) is 10.3. The van der Waals surface area contributed by atoms with Crippen LogP contribution in [0.3, 0.4) is 0 Å². The summed E-state index contributed by atoms with van der Waals surface area (Å²) >= 11 is 1.66. The fourth-order valence-electron chi connectivity index (χ4n) is 2.40. The highest BCUT2D eigenvalue weighted by Crippen LogP contribution is 2.35. The summed E-state index contributed by atoms with van der Waals surface area (Å²) in [5.74, 6) is 2.31. The van der Waals surface area contributed by atoms with E-state index in [1.165, 1.54) is 0 Å². The van der Waals surface area contributed by atoms with E-state index >= 15 is 0 Å². The van der Waals surface area contributed by atoms with Crippen LogP contribution in [0.25, 0.3) is 21.7 Å². The molecule has 2 N–H and O–H groups in total. The molecular formula is C15H17N3O2S. The molecule has 2 heterocycles. The van der Waals surface area contributed by atoms with Crippen molar-refractivity contribution in [2.75, 3.05) is 20.8 Å². The van der Waals surface area contributed by atoms with Crippen LogP contribution in [-0.2, 0) is 6.54 Å². The van der Waals surface area contributed by atoms with Crippen LogP contribution < -0.4 is 15.2 Å².